The van der Waals surface area contributed by atoms with Gasteiger partial charge in [0.05, 0.1) is 21.6 Å². The van der Waals surface area contributed by atoms with Crippen LogP contribution in [0.5, 0.6) is 0 Å². The lowest BCUT2D eigenvalue weighted by Crippen LogP contribution is -2.33. The standard InChI is InChI=1S/C34H23F3N6O5S/c35-34(36,37)24-16-14-23(15-17-24)27-10-1-2-11-28(27)33(44)38-20-22-7-6-18-42(21-22)32-31(39-29-12-3-4-13-30(29)40-32)41-49(47,48)26-9-5-8-25(19-26)43(45)46/h1-19,21H,20H2,(H-,38,39,41,44). The van der Waals surface area contributed by atoms with Crippen LogP contribution >= 0.6 is 0 Å². The van der Waals surface area contributed by atoms with Gasteiger partial charge in [0.2, 0.25) is 10.0 Å². The third kappa shape index (κ3) is 7.21. The van der Waals surface area contributed by atoms with E-state index in [1.165, 1.54) is 28.8 Å². The highest BCUT2D eigenvalue weighted by Crippen LogP contribution is 2.33. The molecule has 1 amide bonds. The lowest BCUT2D eigenvalue weighted by atomic mass is 9.98. The largest absolute Gasteiger partial charge is 0.425 e. The van der Waals surface area contributed by atoms with E-state index in [2.05, 4.69) is 20.0 Å². The molecule has 49 heavy (non-hydrogen) atoms. The Balaban J connectivity index is 1.28. The minimum absolute atomic E-state index is 0.0144. The summed E-state index contributed by atoms with van der Waals surface area (Å²) >= 11 is 0. The van der Waals surface area contributed by atoms with E-state index in [0.29, 0.717) is 27.7 Å². The monoisotopic (exact) mass is 684 g/mol. The van der Waals surface area contributed by atoms with Crippen LogP contribution in [0.25, 0.3) is 32.7 Å². The molecule has 0 bridgehead atoms. The number of nitro benzene ring substituents is 1. The number of sulfonamides is 1. The quantitative estimate of drug-likeness (QED) is 0.0997. The average molecular weight is 685 g/mol. The molecule has 2 heterocycles. The van der Waals surface area contributed by atoms with Gasteiger partial charge in [-0.25, -0.2) is 13.0 Å². The van der Waals surface area contributed by atoms with Gasteiger partial charge in [-0.05, 0) is 52.5 Å². The zero-order chi connectivity index (χ0) is 34.8. The molecule has 6 rings (SSSR count). The molecule has 4 aromatic carbocycles. The number of non-ortho nitro benzene ring substituents is 1. The highest BCUT2D eigenvalue weighted by atomic mass is 32.2. The predicted molar refractivity (Wildman–Crippen MR) is 172 cm³/mol. The summed E-state index contributed by atoms with van der Waals surface area (Å²) in [5.74, 6) is -0.717. The number of nitro groups is 1. The van der Waals surface area contributed by atoms with Gasteiger partial charge in [0.25, 0.3) is 11.6 Å². The second-order valence-electron chi connectivity index (χ2n) is 10.6. The van der Waals surface area contributed by atoms with Crippen LogP contribution in [0.1, 0.15) is 21.5 Å². The van der Waals surface area contributed by atoms with Gasteiger partial charge in [-0.15, -0.1) is 0 Å². The van der Waals surface area contributed by atoms with E-state index < -0.39 is 43.2 Å². The van der Waals surface area contributed by atoms with E-state index >= 15 is 0 Å². The van der Waals surface area contributed by atoms with Gasteiger partial charge in [-0.1, -0.05) is 60.7 Å². The van der Waals surface area contributed by atoms with Gasteiger partial charge >= 0.3 is 12.0 Å². The fraction of sp³-hybridized carbons (Fsp3) is 0.0588. The van der Waals surface area contributed by atoms with Crippen molar-refractivity contribution >= 4 is 38.5 Å². The van der Waals surface area contributed by atoms with E-state index in [9.17, 15) is 36.5 Å². The summed E-state index contributed by atoms with van der Waals surface area (Å²) in [4.78, 5) is 32.5. The summed E-state index contributed by atoms with van der Waals surface area (Å²) in [6.07, 6.45) is -1.31. The summed E-state index contributed by atoms with van der Waals surface area (Å²) < 4.78 is 71.2. The lowest BCUT2D eigenvalue weighted by molar-refractivity contribution is -0.599. The number of carbonyl (C=O) groups is 1. The summed E-state index contributed by atoms with van der Waals surface area (Å²) in [7, 11) is -4.48. The number of fused-ring (bicyclic) bond motifs is 1. The minimum Gasteiger partial charge on any atom is -0.425 e. The highest BCUT2D eigenvalue weighted by Gasteiger charge is 2.30. The van der Waals surface area contributed by atoms with Gasteiger partial charge in [-0.3, -0.25) is 14.9 Å². The van der Waals surface area contributed by atoms with E-state index in [-0.39, 0.29) is 23.7 Å². The van der Waals surface area contributed by atoms with Crippen molar-refractivity contribution in [1.82, 2.24) is 15.3 Å². The number of para-hydroxylation sites is 2. The molecule has 0 saturated carbocycles. The lowest BCUT2D eigenvalue weighted by Gasteiger charge is -2.17. The SMILES string of the molecule is O=C(NCc1ccc[n+](-c2nc3ccccc3nc2[N-]S(=O)(=O)c2cccc([N+](=O)[O-])c2)c1)c1ccccc1-c1ccc(C(F)(F)F)cc1. The maximum Gasteiger partial charge on any atom is 0.416 e. The fourth-order valence-corrected chi connectivity index (χ4v) is 5.93. The molecular weight excluding hydrogens is 661 g/mol. The molecule has 246 valence electrons. The van der Waals surface area contributed by atoms with Crippen molar-refractivity contribution in [2.45, 2.75) is 17.6 Å². The molecule has 11 nitrogen and oxygen atoms in total. The van der Waals surface area contributed by atoms with E-state index in [1.807, 2.05) is 0 Å². The van der Waals surface area contributed by atoms with Gasteiger partial charge in [0.15, 0.2) is 5.52 Å². The Bertz CT molecular complexity index is 2330. The third-order valence-corrected chi connectivity index (χ3v) is 8.58. The van der Waals surface area contributed by atoms with Gasteiger partial charge < -0.3 is 15.0 Å². The first-order valence-electron chi connectivity index (χ1n) is 14.4. The fourth-order valence-electron chi connectivity index (χ4n) is 4.95. The number of nitrogens with one attached hydrogen (secondary N) is 1. The van der Waals surface area contributed by atoms with Crippen LogP contribution < -0.4 is 9.88 Å². The Morgan fingerprint density at radius 2 is 1.57 bits per heavy atom. The van der Waals surface area contributed by atoms with Crippen LogP contribution in [-0.2, 0) is 22.7 Å². The van der Waals surface area contributed by atoms with Crippen LogP contribution in [0.15, 0.2) is 126 Å². The molecule has 0 fully saturated rings. The normalized spacial score (nSPS) is 11.7. The first-order chi connectivity index (χ1) is 23.4. The number of hydrogen-bond donors (Lipinski definition) is 1. The molecule has 2 aromatic heterocycles. The smallest absolute Gasteiger partial charge is 0.416 e. The second-order valence-corrected chi connectivity index (χ2v) is 12.2. The van der Waals surface area contributed by atoms with Crippen LogP contribution in [-0.4, -0.2) is 29.2 Å². The van der Waals surface area contributed by atoms with Crippen molar-refractivity contribution in [2.75, 3.05) is 0 Å². The molecule has 0 unspecified atom stereocenters. The van der Waals surface area contributed by atoms with Crippen LogP contribution in [0, 0.1) is 10.1 Å². The Labute approximate surface area is 276 Å². The molecular formula is C34H23F3N6O5S. The molecule has 0 saturated heterocycles. The van der Waals surface area contributed by atoms with E-state index in [1.54, 1.807) is 73.1 Å². The first kappa shape index (κ1) is 32.7. The maximum absolute atomic E-state index is 13.3. The van der Waals surface area contributed by atoms with Crippen molar-refractivity contribution in [3.05, 3.63) is 153 Å². The van der Waals surface area contributed by atoms with Gasteiger partial charge in [0.1, 0.15) is 6.20 Å². The number of pyridine rings is 1. The van der Waals surface area contributed by atoms with Gasteiger partial charge in [-0.2, -0.15) is 13.2 Å². The van der Waals surface area contributed by atoms with Crippen molar-refractivity contribution in [2.24, 2.45) is 0 Å². The number of benzene rings is 4. The summed E-state index contributed by atoms with van der Waals surface area (Å²) in [5.41, 5.74) is 1.27. The number of amides is 1. The molecule has 1 N–H and O–H groups in total. The van der Waals surface area contributed by atoms with Gasteiger partial charge in [0, 0.05) is 41.1 Å². The molecule has 0 atom stereocenters. The summed E-state index contributed by atoms with van der Waals surface area (Å²) in [5, 5.41) is 14.1. The van der Waals surface area contributed by atoms with Crippen molar-refractivity contribution < 1.29 is 35.9 Å². The van der Waals surface area contributed by atoms with Crippen LogP contribution in [0.3, 0.4) is 0 Å². The number of alkyl halides is 3. The number of hydrogen-bond acceptors (Lipinski definition) is 7. The summed E-state index contributed by atoms with van der Waals surface area (Å²) in [6, 6.07) is 25.6. The van der Waals surface area contributed by atoms with E-state index in [4.69, 9.17) is 0 Å². The van der Waals surface area contributed by atoms with Crippen LogP contribution in [0.2, 0.25) is 0 Å². The maximum atomic E-state index is 13.3. The third-order valence-electron chi connectivity index (χ3n) is 7.32. The number of rotatable bonds is 9. The number of nitrogens with zero attached hydrogens (tertiary/aromatic N) is 5. The number of halogens is 3. The zero-order valence-electron chi connectivity index (χ0n) is 25.1. The van der Waals surface area contributed by atoms with E-state index in [0.717, 1.165) is 24.3 Å². The van der Waals surface area contributed by atoms with Crippen molar-refractivity contribution in [1.29, 1.82) is 0 Å². The number of aromatic nitrogens is 3. The van der Waals surface area contributed by atoms with Crippen molar-refractivity contribution in [3.63, 3.8) is 0 Å². The highest BCUT2D eigenvalue weighted by molar-refractivity contribution is 7.94. The predicted octanol–water partition coefficient (Wildman–Crippen LogP) is 6.82. The topological polar surface area (TPSA) is 150 Å². The molecule has 0 spiro atoms. The zero-order valence-corrected chi connectivity index (χ0v) is 25.9. The molecule has 0 aliphatic rings. The second kappa shape index (κ2) is 13.1. The Hall–Kier alpha value is -6.22. The Morgan fingerprint density at radius 1 is 0.878 bits per heavy atom. The molecule has 6 aromatic rings. The molecule has 0 aliphatic heterocycles. The minimum atomic E-state index is -4.49. The Kier molecular flexibility index (Phi) is 8.76. The van der Waals surface area contributed by atoms with Crippen molar-refractivity contribution in [3.8, 4) is 16.9 Å². The molecule has 0 aliphatic carbocycles. The average Bonchev–Trinajstić information content (AvgIpc) is 3.10. The Morgan fingerprint density at radius 3 is 2.29 bits per heavy atom. The van der Waals surface area contributed by atoms with Crippen LogP contribution in [0.4, 0.5) is 24.7 Å². The summed E-state index contributed by atoms with van der Waals surface area (Å²) in [6.45, 7) is 0.0144. The molecule has 0 radical (unpaired) electrons. The first-order valence-corrected chi connectivity index (χ1v) is 15.9. The molecule has 15 heteroatoms. The number of carbonyl (C=O) groups excluding carboxylic acids is 1.